The minimum atomic E-state index is -0.513. The fourth-order valence-corrected chi connectivity index (χ4v) is 6.20. The lowest BCUT2D eigenvalue weighted by atomic mass is 9.90. The maximum atomic E-state index is 11.1. The zero-order chi connectivity index (χ0) is 35.2. The fraction of sp³-hybridized carbons (Fsp3) is 0.267. The van der Waals surface area contributed by atoms with Gasteiger partial charge in [0.05, 0.1) is 12.2 Å². The van der Waals surface area contributed by atoms with Crippen molar-refractivity contribution in [2.75, 3.05) is 6.54 Å². The molecular formula is C45H51NO3. The van der Waals surface area contributed by atoms with E-state index in [0.29, 0.717) is 12.3 Å². The van der Waals surface area contributed by atoms with Crippen LogP contribution in [0.15, 0.2) is 133 Å². The van der Waals surface area contributed by atoms with E-state index in [2.05, 4.69) is 81.4 Å². The Morgan fingerprint density at radius 2 is 1.00 bits per heavy atom. The van der Waals surface area contributed by atoms with Crippen LogP contribution < -0.4 is 5.73 Å². The van der Waals surface area contributed by atoms with E-state index in [1.807, 2.05) is 72.8 Å². The monoisotopic (exact) mass is 653 g/mol. The highest BCUT2D eigenvalue weighted by Gasteiger charge is 2.12. The summed E-state index contributed by atoms with van der Waals surface area (Å²) >= 11 is 0. The molecule has 6 aromatic rings. The van der Waals surface area contributed by atoms with Gasteiger partial charge in [0.2, 0.25) is 0 Å². The molecule has 3 atom stereocenters. The van der Waals surface area contributed by atoms with Gasteiger partial charge in [-0.05, 0) is 101 Å². The van der Waals surface area contributed by atoms with E-state index in [1.165, 1.54) is 38.2 Å². The maximum absolute atomic E-state index is 11.1. The van der Waals surface area contributed by atoms with Crippen molar-refractivity contribution in [1.82, 2.24) is 0 Å². The Morgan fingerprint density at radius 3 is 1.49 bits per heavy atom. The number of carbonyl (C=O) groups excluding carboxylic acids is 1. The fourth-order valence-electron chi connectivity index (χ4n) is 6.20. The topological polar surface area (TPSA) is 83.5 Å². The van der Waals surface area contributed by atoms with Crippen molar-refractivity contribution in [3.8, 4) is 0 Å². The first-order valence-corrected chi connectivity index (χ1v) is 17.3. The molecule has 0 radical (unpaired) electrons. The lowest BCUT2D eigenvalue weighted by Gasteiger charge is -2.17. The first-order valence-electron chi connectivity index (χ1n) is 17.3. The van der Waals surface area contributed by atoms with Gasteiger partial charge in [-0.2, -0.15) is 0 Å². The first-order chi connectivity index (χ1) is 23.7. The lowest BCUT2D eigenvalue weighted by Crippen LogP contribution is -2.10. The number of aliphatic hydroxyl groups is 2. The third kappa shape index (κ3) is 11.0. The molecule has 3 unspecified atom stereocenters. The molecule has 0 aliphatic rings. The smallest absolute Gasteiger partial charge is 0.134 e. The summed E-state index contributed by atoms with van der Waals surface area (Å²) in [5, 5.41) is 24.7. The summed E-state index contributed by atoms with van der Waals surface area (Å²) in [6, 6.07) is 44.9. The molecule has 0 aliphatic heterocycles. The molecule has 6 rings (SSSR count). The molecule has 0 saturated carbocycles. The van der Waals surface area contributed by atoms with E-state index < -0.39 is 6.10 Å². The average Bonchev–Trinajstić information content (AvgIpc) is 3.14. The molecule has 49 heavy (non-hydrogen) atoms. The van der Waals surface area contributed by atoms with Crippen LogP contribution >= 0.6 is 0 Å². The second-order valence-corrected chi connectivity index (χ2v) is 13.0. The predicted octanol–water partition coefficient (Wildman–Crippen LogP) is 9.80. The number of hydrogen-bond acceptors (Lipinski definition) is 4. The molecule has 0 saturated heterocycles. The number of hydrogen-bond donors (Lipinski definition) is 3. The predicted molar refractivity (Wildman–Crippen MR) is 206 cm³/mol. The Morgan fingerprint density at radius 1 is 0.571 bits per heavy atom. The number of ketones is 1. The van der Waals surface area contributed by atoms with Gasteiger partial charge in [0, 0.05) is 13.0 Å². The molecule has 6 aromatic carbocycles. The van der Waals surface area contributed by atoms with Crippen LogP contribution in [0, 0.1) is 19.8 Å². The van der Waals surface area contributed by atoms with Gasteiger partial charge in [0.1, 0.15) is 5.78 Å². The molecule has 0 bridgehead atoms. The van der Waals surface area contributed by atoms with Crippen LogP contribution in [-0.4, -0.2) is 22.5 Å². The van der Waals surface area contributed by atoms with Crippen LogP contribution in [-0.2, 0) is 17.6 Å². The van der Waals surface area contributed by atoms with Gasteiger partial charge in [-0.3, -0.25) is 4.79 Å². The van der Waals surface area contributed by atoms with E-state index in [1.54, 1.807) is 6.92 Å². The van der Waals surface area contributed by atoms with Crippen molar-refractivity contribution in [2.24, 2.45) is 11.7 Å². The molecule has 0 spiro atoms. The quantitative estimate of drug-likeness (QED) is 0.137. The summed E-state index contributed by atoms with van der Waals surface area (Å²) in [4.78, 5) is 11.1. The van der Waals surface area contributed by atoms with E-state index >= 15 is 0 Å². The Kier molecular flexibility index (Phi) is 14.3. The second-order valence-electron chi connectivity index (χ2n) is 13.0. The second kappa shape index (κ2) is 18.8. The maximum Gasteiger partial charge on any atom is 0.134 e. The van der Waals surface area contributed by atoms with Gasteiger partial charge in [-0.25, -0.2) is 0 Å². The molecule has 254 valence electrons. The zero-order valence-corrected chi connectivity index (χ0v) is 29.3. The van der Waals surface area contributed by atoms with Gasteiger partial charge < -0.3 is 15.9 Å². The molecule has 0 fully saturated rings. The molecule has 4 nitrogen and oxygen atoms in total. The largest absolute Gasteiger partial charge is 0.388 e. The van der Waals surface area contributed by atoms with Crippen LogP contribution in [0.1, 0.15) is 72.3 Å². The molecular weight excluding hydrogens is 602 g/mol. The van der Waals surface area contributed by atoms with Crippen molar-refractivity contribution in [2.45, 2.75) is 65.6 Å². The molecule has 4 heteroatoms. The van der Waals surface area contributed by atoms with Crippen LogP contribution in [0.5, 0.6) is 0 Å². The summed E-state index contributed by atoms with van der Waals surface area (Å²) in [7, 11) is 0. The standard InChI is InChI=1S/C23H26O.C14H14O.C8H11NO/c1-17(12-15-23(24)19-8-4-3-5-9-19)16-20-14-13-18(2)21-10-6-7-11-22(20)21;1-10-7-8-12(9-11(2)15)14-6-4-3-5-13(10)14;9-6-8(10)7-4-2-1-3-5-7/h3-11,13-14,17,23-24H,12,15-16H2,1-2H3;3-8H,9H2,1-2H3;1-5,8,10H,6,9H2. The van der Waals surface area contributed by atoms with E-state index in [9.17, 15) is 15.0 Å². The summed E-state index contributed by atoms with van der Waals surface area (Å²) in [6.45, 7) is 8.47. The van der Waals surface area contributed by atoms with Gasteiger partial charge in [0.25, 0.3) is 0 Å². The summed E-state index contributed by atoms with van der Waals surface area (Å²) < 4.78 is 0. The van der Waals surface area contributed by atoms with Crippen molar-refractivity contribution < 1.29 is 15.0 Å². The third-order valence-electron chi connectivity index (χ3n) is 9.00. The molecule has 0 aromatic heterocycles. The average molecular weight is 654 g/mol. The summed E-state index contributed by atoms with van der Waals surface area (Å²) in [5.41, 5.74) is 12.3. The number of rotatable bonds is 10. The van der Waals surface area contributed by atoms with E-state index in [-0.39, 0.29) is 18.4 Å². The van der Waals surface area contributed by atoms with Gasteiger partial charge in [-0.1, -0.05) is 140 Å². The number of benzene rings is 6. The van der Waals surface area contributed by atoms with Gasteiger partial charge >= 0.3 is 0 Å². The highest BCUT2D eigenvalue weighted by Crippen LogP contribution is 2.27. The van der Waals surface area contributed by atoms with Gasteiger partial charge in [-0.15, -0.1) is 0 Å². The molecule has 0 amide bonds. The molecule has 0 aliphatic carbocycles. The first kappa shape index (κ1) is 37.2. The van der Waals surface area contributed by atoms with Crippen LogP contribution in [0.2, 0.25) is 0 Å². The Hall–Kier alpha value is -4.61. The van der Waals surface area contributed by atoms with Crippen LogP contribution in [0.3, 0.4) is 0 Å². The van der Waals surface area contributed by atoms with Crippen LogP contribution in [0.25, 0.3) is 21.5 Å². The number of aliphatic hydroxyl groups excluding tert-OH is 2. The molecule has 0 heterocycles. The summed E-state index contributed by atoms with van der Waals surface area (Å²) in [6.07, 6.45) is 2.56. The third-order valence-corrected chi connectivity index (χ3v) is 9.00. The van der Waals surface area contributed by atoms with Crippen molar-refractivity contribution in [1.29, 1.82) is 0 Å². The summed E-state index contributed by atoms with van der Waals surface area (Å²) in [5.74, 6) is 0.762. The minimum Gasteiger partial charge on any atom is -0.388 e. The normalized spacial score (nSPS) is 12.6. The minimum absolute atomic E-state index is 0.212. The number of aryl methyl sites for hydroxylation is 2. The Bertz CT molecular complexity index is 1900. The van der Waals surface area contributed by atoms with E-state index in [0.717, 1.165) is 36.0 Å². The Balaban J connectivity index is 0.000000184. The lowest BCUT2D eigenvalue weighted by molar-refractivity contribution is -0.116. The zero-order valence-electron chi connectivity index (χ0n) is 29.3. The van der Waals surface area contributed by atoms with Crippen LogP contribution in [0.4, 0.5) is 0 Å². The van der Waals surface area contributed by atoms with Crippen molar-refractivity contribution in [3.05, 3.63) is 167 Å². The van der Waals surface area contributed by atoms with Gasteiger partial charge in [0.15, 0.2) is 0 Å². The number of nitrogens with two attached hydrogens (primary N) is 1. The number of Topliss-reactive ketones (excluding diaryl/α,β-unsaturated/α-hetero) is 1. The highest BCUT2D eigenvalue weighted by atomic mass is 16.3. The number of fused-ring (bicyclic) bond motifs is 2. The van der Waals surface area contributed by atoms with E-state index in [4.69, 9.17) is 5.73 Å². The van der Waals surface area contributed by atoms with Crippen molar-refractivity contribution >= 4 is 27.3 Å². The van der Waals surface area contributed by atoms with Crippen molar-refractivity contribution in [3.63, 3.8) is 0 Å². The SMILES string of the molecule is CC(=O)Cc1ccc(C)c2ccccc12.Cc1ccc(CC(C)CCC(O)c2ccccc2)c2ccccc12.NCC(O)c1ccccc1. The highest BCUT2D eigenvalue weighted by molar-refractivity contribution is 5.92. The number of carbonyl (C=O) groups is 1. The Labute approximate surface area is 292 Å². The molecule has 4 N–H and O–H groups in total.